The zero-order valence-electron chi connectivity index (χ0n) is 11.4. The van der Waals surface area contributed by atoms with Gasteiger partial charge in [-0.25, -0.2) is 0 Å². The number of morpholine rings is 2. The van der Waals surface area contributed by atoms with Crippen molar-refractivity contribution in [3.8, 4) is 0 Å². The summed E-state index contributed by atoms with van der Waals surface area (Å²) in [5.41, 5.74) is 0. The van der Waals surface area contributed by atoms with Crippen molar-refractivity contribution in [3.05, 3.63) is 0 Å². The van der Waals surface area contributed by atoms with E-state index >= 15 is 0 Å². The van der Waals surface area contributed by atoms with Crippen molar-refractivity contribution >= 4 is 10.2 Å². The molecular weight excluding hydrogens is 272 g/mol. The number of hydrogen-bond acceptors (Lipinski definition) is 5. The van der Waals surface area contributed by atoms with Gasteiger partial charge in [0, 0.05) is 26.2 Å². The Morgan fingerprint density at radius 1 is 1.16 bits per heavy atom. The molecule has 19 heavy (non-hydrogen) atoms. The van der Waals surface area contributed by atoms with Gasteiger partial charge in [0.1, 0.15) is 0 Å². The SMILES string of the molecule is CC1CN(S(=O)(=O)N2CCOC(CO)C2)CC(C)O1. The summed E-state index contributed by atoms with van der Waals surface area (Å²) in [4.78, 5) is 0. The summed E-state index contributed by atoms with van der Waals surface area (Å²) in [6.07, 6.45) is -0.638. The lowest BCUT2D eigenvalue weighted by Gasteiger charge is -2.39. The molecule has 2 aliphatic rings. The maximum absolute atomic E-state index is 12.6. The van der Waals surface area contributed by atoms with Crippen molar-refractivity contribution < 1.29 is 23.0 Å². The zero-order chi connectivity index (χ0) is 14.0. The lowest BCUT2D eigenvalue weighted by atomic mass is 10.3. The normalized spacial score (nSPS) is 35.4. The van der Waals surface area contributed by atoms with Gasteiger partial charge < -0.3 is 14.6 Å². The minimum absolute atomic E-state index is 0.104. The summed E-state index contributed by atoms with van der Waals surface area (Å²) in [6, 6.07) is 0. The maximum Gasteiger partial charge on any atom is 0.282 e. The molecule has 2 saturated heterocycles. The first-order valence-corrected chi connectivity index (χ1v) is 7.96. The van der Waals surface area contributed by atoms with Gasteiger partial charge in [0.25, 0.3) is 10.2 Å². The van der Waals surface area contributed by atoms with Crippen molar-refractivity contribution in [2.45, 2.75) is 32.2 Å². The van der Waals surface area contributed by atoms with Crippen molar-refractivity contribution in [1.29, 1.82) is 0 Å². The van der Waals surface area contributed by atoms with Crippen LogP contribution < -0.4 is 0 Å². The minimum Gasteiger partial charge on any atom is -0.394 e. The molecule has 0 bridgehead atoms. The summed E-state index contributed by atoms with van der Waals surface area (Å²) in [7, 11) is -3.50. The van der Waals surface area contributed by atoms with Crippen LogP contribution in [0.25, 0.3) is 0 Å². The molecule has 0 radical (unpaired) electrons. The average Bonchev–Trinajstić information content (AvgIpc) is 2.37. The molecule has 3 atom stereocenters. The fourth-order valence-corrected chi connectivity index (χ4v) is 4.28. The van der Waals surface area contributed by atoms with Crippen LogP contribution in [0.4, 0.5) is 0 Å². The largest absolute Gasteiger partial charge is 0.394 e. The molecule has 0 amide bonds. The van der Waals surface area contributed by atoms with E-state index in [4.69, 9.17) is 14.6 Å². The van der Waals surface area contributed by atoms with E-state index in [0.717, 1.165) is 0 Å². The molecule has 0 aromatic heterocycles. The molecule has 0 spiro atoms. The maximum atomic E-state index is 12.6. The van der Waals surface area contributed by atoms with Gasteiger partial charge >= 0.3 is 0 Å². The number of hydrogen-bond donors (Lipinski definition) is 1. The Bertz CT molecular complexity index is 392. The van der Waals surface area contributed by atoms with Crippen molar-refractivity contribution in [3.63, 3.8) is 0 Å². The number of rotatable bonds is 3. The number of aliphatic hydroxyl groups is 1. The third kappa shape index (κ3) is 3.45. The van der Waals surface area contributed by atoms with E-state index in [1.807, 2.05) is 13.8 Å². The van der Waals surface area contributed by atoms with Crippen LogP contribution >= 0.6 is 0 Å². The molecule has 0 aromatic rings. The smallest absolute Gasteiger partial charge is 0.282 e. The van der Waals surface area contributed by atoms with Gasteiger partial charge in [0.15, 0.2) is 0 Å². The molecule has 2 aliphatic heterocycles. The highest BCUT2D eigenvalue weighted by molar-refractivity contribution is 7.86. The molecule has 3 unspecified atom stereocenters. The molecule has 2 heterocycles. The van der Waals surface area contributed by atoms with E-state index in [9.17, 15) is 8.42 Å². The van der Waals surface area contributed by atoms with Gasteiger partial charge in [0.05, 0.1) is 31.5 Å². The summed E-state index contributed by atoms with van der Waals surface area (Å²) in [5, 5.41) is 9.09. The topological polar surface area (TPSA) is 79.3 Å². The fraction of sp³-hybridized carbons (Fsp3) is 1.00. The Kier molecular flexibility index (Phi) is 4.80. The highest BCUT2D eigenvalue weighted by atomic mass is 32.2. The van der Waals surface area contributed by atoms with Crippen LogP contribution in [0.2, 0.25) is 0 Å². The standard InChI is InChI=1S/C11H22N2O5S/c1-9-5-13(6-10(2)18-9)19(15,16)12-3-4-17-11(7-12)8-14/h9-11,14H,3-8H2,1-2H3. The second kappa shape index (κ2) is 6.02. The van der Waals surface area contributed by atoms with Gasteiger partial charge in [-0.2, -0.15) is 17.0 Å². The van der Waals surface area contributed by atoms with Crippen LogP contribution in [-0.2, 0) is 19.7 Å². The van der Waals surface area contributed by atoms with Gasteiger partial charge in [-0.1, -0.05) is 0 Å². The molecule has 7 nitrogen and oxygen atoms in total. The first-order valence-electron chi connectivity index (χ1n) is 6.56. The van der Waals surface area contributed by atoms with Gasteiger partial charge in [0.2, 0.25) is 0 Å². The van der Waals surface area contributed by atoms with Gasteiger partial charge in [-0.15, -0.1) is 0 Å². The van der Waals surface area contributed by atoms with Crippen LogP contribution in [0.1, 0.15) is 13.8 Å². The van der Waals surface area contributed by atoms with Crippen LogP contribution in [0.15, 0.2) is 0 Å². The summed E-state index contributed by atoms with van der Waals surface area (Å²) in [5.74, 6) is 0. The summed E-state index contributed by atoms with van der Waals surface area (Å²) in [6.45, 7) is 5.17. The lowest BCUT2D eigenvalue weighted by molar-refractivity contribution is -0.0514. The Labute approximate surface area is 114 Å². The Morgan fingerprint density at radius 3 is 2.37 bits per heavy atom. The highest BCUT2D eigenvalue weighted by Crippen LogP contribution is 2.19. The molecule has 2 fully saturated rings. The van der Waals surface area contributed by atoms with Gasteiger partial charge in [-0.3, -0.25) is 0 Å². The van der Waals surface area contributed by atoms with E-state index in [0.29, 0.717) is 26.2 Å². The van der Waals surface area contributed by atoms with Crippen LogP contribution in [0.3, 0.4) is 0 Å². The van der Waals surface area contributed by atoms with Crippen molar-refractivity contribution in [1.82, 2.24) is 8.61 Å². The van der Waals surface area contributed by atoms with E-state index in [1.165, 1.54) is 8.61 Å². The predicted octanol–water partition coefficient (Wildman–Crippen LogP) is -0.966. The molecular formula is C11H22N2O5S. The number of nitrogens with zero attached hydrogens (tertiary/aromatic N) is 2. The summed E-state index contributed by atoms with van der Waals surface area (Å²) >= 11 is 0. The Balaban J connectivity index is 2.08. The highest BCUT2D eigenvalue weighted by Gasteiger charge is 2.37. The fourth-order valence-electron chi connectivity index (χ4n) is 2.49. The number of aliphatic hydroxyl groups excluding tert-OH is 1. The quantitative estimate of drug-likeness (QED) is 0.725. The third-order valence-electron chi connectivity index (χ3n) is 3.34. The van der Waals surface area contributed by atoms with E-state index in [1.54, 1.807) is 0 Å². The second-order valence-corrected chi connectivity index (χ2v) is 7.04. The van der Waals surface area contributed by atoms with Crippen molar-refractivity contribution in [2.75, 3.05) is 39.4 Å². The molecule has 2 rings (SSSR count). The first-order chi connectivity index (χ1) is 8.93. The lowest BCUT2D eigenvalue weighted by Crippen LogP contribution is -2.56. The first kappa shape index (κ1) is 15.1. The minimum atomic E-state index is -3.50. The second-order valence-electron chi connectivity index (χ2n) is 5.12. The summed E-state index contributed by atoms with van der Waals surface area (Å²) < 4.78 is 38.8. The molecule has 112 valence electrons. The molecule has 0 aromatic carbocycles. The molecule has 0 saturated carbocycles. The van der Waals surface area contributed by atoms with Crippen LogP contribution in [0, 0.1) is 0 Å². The number of ether oxygens (including phenoxy) is 2. The van der Waals surface area contributed by atoms with Crippen LogP contribution in [0.5, 0.6) is 0 Å². The molecule has 1 N–H and O–H groups in total. The van der Waals surface area contributed by atoms with Crippen molar-refractivity contribution in [2.24, 2.45) is 0 Å². The monoisotopic (exact) mass is 294 g/mol. The van der Waals surface area contributed by atoms with E-state index in [-0.39, 0.29) is 25.4 Å². The average molecular weight is 294 g/mol. The third-order valence-corrected chi connectivity index (χ3v) is 5.28. The van der Waals surface area contributed by atoms with E-state index in [2.05, 4.69) is 0 Å². The predicted molar refractivity (Wildman–Crippen MR) is 68.9 cm³/mol. The van der Waals surface area contributed by atoms with Crippen LogP contribution in [-0.4, -0.2) is 79.8 Å². The Hall–Kier alpha value is -0.250. The van der Waals surface area contributed by atoms with E-state index < -0.39 is 16.3 Å². The molecule has 0 aliphatic carbocycles. The molecule has 8 heteroatoms. The zero-order valence-corrected chi connectivity index (χ0v) is 12.2. The Morgan fingerprint density at radius 2 is 1.79 bits per heavy atom. The van der Waals surface area contributed by atoms with Gasteiger partial charge in [-0.05, 0) is 13.8 Å².